The summed E-state index contributed by atoms with van der Waals surface area (Å²) in [4.78, 5) is 4.12. The fourth-order valence-corrected chi connectivity index (χ4v) is 2.08. The van der Waals surface area contributed by atoms with E-state index in [0.717, 1.165) is 11.4 Å². The summed E-state index contributed by atoms with van der Waals surface area (Å²) in [6, 6.07) is 2.34. The molecule has 1 atom stereocenters. The van der Waals surface area contributed by atoms with Crippen LogP contribution in [0, 0.1) is 0 Å². The summed E-state index contributed by atoms with van der Waals surface area (Å²) < 4.78 is 3.81. The Morgan fingerprint density at radius 3 is 2.44 bits per heavy atom. The summed E-state index contributed by atoms with van der Waals surface area (Å²) in [7, 11) is 0. The van der Waals surface area contributed by atoms with Crippen molar-refractivity contribution in [2.45, 2.75) is 45.9 Å². The minimum atomic E-state index is -0.695. The van der Waals surface area contributed by atoms with Crippen molar-refractivity contribution in [3.05, 3.63) is 36.2 Å². The van der Waals surface area contributed by atoms with E-state index in [2.05, 4.69) is 23.9 Å². The normalized spacial score (nSPS) is 13.5. The summed E-state index contributed by atoms with van der Waals surface area (Å²) >= 11 is 0. The highest BCUT2D eigenvalue weighted by molar-refractivity contribution is 5.18. The molecule has 0 bridgehead atoms. The van der Waals surface area contributed by atoms with E-state index in [0.29, 0.717) is 0 Å². The van der Waals surface area contributed by atoms with Crippen LogP contribution in [0.15, 0.2) is 24.8 Å². The van der Waals surface area contributed by atoms with E-state index >= 15 is 0 Å². The minimum absolute atomic E-state index is 0.222. The Balaban J connectivity index is 2.39. The zero-order chi connectivity index (χ0) is 13.3. The average molecular weight is 248 g/mol. The van der Waals surface area contributed by atoms with Crippen LogP contribution in [0.4, 0.5) is 0 Å². The number of hydrogen-bond acceptors (Lipinski definition) is 3. The number of nitrogens with zero attached hydrogens (tertiary/aromatic N) is 4. The van der Waals surface area contributed by atoms with E-state index < -0.39 is 6.10 Å². The first kappa shape index (κ1) is 12.8. The molecule has 2 heterocycles. The molecular formula is C13H20N4O. The van der Waals surface area contributed by atoms with Crippen LogP contribution in [-0.4, -0.2) is 24.4 Å². The van der Waals surface area contributed by atoms with Crippen molar-refractivity contribution in [1.29, 1.82) is 0 Å². The maximum atomic E-state index is 10.5. The monoisotopic (exact) mass is 248 g/mol. The quantitative estimate of drug-likeness (QED) is 0.903. The summed E-state index contributed by atoms with van der Waals surface area (Å²) in [5.74, 6) is 0. The first-order valence-electron chi connectivity index (χ1n) is 6.25. The lowest BCUT2D eigenvalue weighted by Crippen LogP contribution is -2.15. The topological polar surface area (TPSA) is 55.9 Å². The number of rotatable bonds is 4. The summed E-state index contributed by atoms with van der Waals surface area (Å²) in [6.07, 6.45) is 4.48. The molecule has 5 heteroatoms. The first-order valence-corrected chi connectivity index (χ1v) is 6.25. The van der Waals surface area contributed by atoms with Gasteiger partial charge in [-0.1, -0.05) is 0 Å². The van der Waals surface area contributed by atoms with Gasteiger partial charge in [0.15, 0.2) is 0 Å². The van der Waals surface area contributed by atoms with Gasteiger partial charge in [0, 0.05) is 18.3 Å². The predicted octanol–water partition coefficient (Wildman–Crippen LogP) is 2.32. The van der Waals surface area contributed by atoms with Crippen molar-refractivity contribution in [3.63, 3.8) is 0 Å². The van der Waals surface area contributed by atoms with Crippen LogP contribution >= 0.6 is 0 Å². The van der Waals surface area contributed by atoms with Gasteiger partial charge in [-0.05, 0) is 33.8 Å². The third-order valence-electron chi connectivity index (χ3n) is 3.00. The molecule has 1 N–H and O–H groups in total. The molecule has 0 amide bonds. The van der Waals surface area contributed by atoms with Crippen LogP contribution < -0.4 is 0 Å². The Morgan fingerprint density at radius 1 is 1.11 bits per heavy atom. The maximum absolute atomic E-state index is 10.5. The Bertz CT molecular complexity index is 466. The Hall–Kier alpha value is -1.62. The van der Waals surface area contributed by atoms with E-state index in [1.165, 1.54) is 0 Å². The number of imidazole rings is 1. The van der Waals surface area contributed by atoms with Crippen LogP contribution in [-0.2, 0) is 0 Å². The maximum Gasteiger partial charge on any atom is 0.137 e. The average Bonchev–Trinajstić information content (AvgIpc) is 2.97. The van der Waals surface area contributed by atoms with E-state index in [-0.39, 0.29) is 12.1 Å². The fourth-order valence-electron chi connectivity index (χ4n) is 2.08. The molecule has 0 aliphatic carbocycles. The van der Waals surface area contributed by atoms with Gasteiger partial charge in [0.1, 0.15) is 6.10 Å². The molecule has 2 aromatic rings. The number of aliphatic hydroxyl groups is 1. The van der Waals surface area contributed by atoms with Gasteiger partial charge >= 0.3 is 0 Å². The molecule has 5 nitrogen and oxygen atoms in total. The molecule has 0 aliphatic heterocycles. The second-order valence-electron chi connectivity index (χ2n) is 5.02. The highest BCUT2D eigenvalue weighted by Gasteiger charge is 2.21. The molecular weight excluding hydrogens is 228 g/mol. The number of aromatic nitrogens is 4. The van der Waals surface area contributed by atoms with Crippen molar-refractivity contribution in [1.82, 2.24) is 19.3 Å². The van der Waals surface area contributed by atoms with E-state index in [1.54, 1.807) is 18.7 Å². The second kappa shape index (κ2) is 4.94. The lowest BCUT2D eigenvalue weighted by atomic mass is 10.1. The standard InChI is InChI=1S/C13H20N4O/c1-9(2)16-8-14-7-12(16)13(18)11-5-6-15-17(11)10(3)4/h5-10,13,18H,1-4H3. The van der Waals surface area contributed by atoms with Crippen LogP contribution in [0.2, 0.25) is 0 Å². The molecule has 0 saturated carbocycles. The van der Waals surface area contributed by atoms with Crippen molar-refractivity contribution < 1.29 is 5.11 Å². The number of aliphatic hydroxyl groups excluding tert-OH is 1. The SMILES string of the molecule is CC(C)n1cncc1C(O)c1ccnn1C(C)C. The lowest BCUT2D eigenvalue weighted by Gasteiger charge is -2.19. The second-order valence-corrected chi connectivity index (χ2v) is 5.02. The third-order valence-corrected chi connectivity index (χ3v) is 3.00. The Kier molecular flexibility index (Phi) is 3.52. The third kappa shape index (κ3) is 2.18. The molecule has 0 aliphatic rings. The molecule has 2 rings (SSSR count). The van der Waals surface area contributed by atoms with E-state index in [1.807, 2.05) is 29.2 Å². The highest BCUT2D eigenvalue weighted by atomic mass is 16.3. The molecule has 2 aromatic heterocycles. The van der Waals surface area contributed by atoms with Crippen LogP contribution in [0.3, 0.4) is 0 Å². The van der Waals surface area contributed by atoms with Crippen LogP contribution in [0.1, 0.15) is 57.3 Å². The van der Waals surface area contributed by atoms with Crippen molar-refractivity contribution in [3.8, 4) is 0 Å². The zero-order valence-electron chi connectivity index (χ0n) is 11.3. The smallest absolute Gasteiger partial charge is 0.137 e. The first-order chi connectivity index (χ1) is 8.52. The Morgan fingerprint density at radius 2 is 1.83 bits per heavy atom. The van der Waals surface area contributed by atoms with E-state index in [9.17, 15) is 5.11 Å². The molecule has 18 heavy (non-hydrogen) atoms. The zero-order valence-corrected chi connectivity index (χ0v) is 11.3. The van der Waals surface area contributed by atoms with Gasteiger partial charge in [-0.3, -0.25) is 4.68 Å². The van der Waals surface area contributed by atoms with Gasteiger partial charge in [-0.15, -0.1) is 0 Å². The molecule has 0 aromatic carbocycles. The highest BCUT2D eigenvalue weighted by Crippen LogP contribution is 2.25. The van der Waals surface area contributed by atoms with Gasteiger partial charge in [-0.25, -0.2) is 4.98 Å². The van der Waals surface area contributed by atoms with Crippen molar-refractivity contribution >= 4 is 0 Å². The molecule has 0 radical (unpaired) electrons. The van der Waals surface area contributed by atoms with Crippen LogP contribution in [0.5, 0.6) is 0 Å². The fraction of sp³-hybridized carbons (Fsp3) is 0.538. The summed E-state index contributed by atoms with van der Waals surface area (Å²) in [5.41, 5.74) is 1.60. The molecule has 0 saturated heterocycles. The predicted molar refractivity (Wildman–Crippen MR) is 69.3 cm³/mol. The van der Waals surface area contributed by atoms with Crippen LogP contribution in [0.25, 0.3) is 0 Å². The molecule has 0 fully saturated rings. The van der Waals surface area contributed by atoms with Gasteiger partial charge in [-0.2, -0.15) is 5.10 Å². The van der Waals surface area contributed by atoms with Gasteiger partial charge in [0.25, 0.3) is 0 Å². The molecule has 98 valence electrons. The van der Waals surface area contributed by atoms with Gasteiger partial charge < -0.3 is 9.67 Å². The molecule has 0 spiro atoms. The minimum Gasteiger partial charge on any atom is -0.380 e. The van der Waals surface area contributed by atoms with Gasteiger partial charge in [0.05, 0.1) is 23.9 Å². The lowest BCUT2D eigenvalue weighted by molar-refractivity contribution is 0.193. The van der Waals surface area contributed by atoms with Crippen molar-refractivity contribution in [2.75, 3.05) is 0 Å². The summed E-state index contributed by atoms with van der Waals surface area (Å²) in [6.45, 7) is 8.22. The number of hydrogen-bond donors (Lipinski definition) is 1. The largest absolute Gasteiger partial charge is 0.380 e. The van der Waals surface area contributed by atoms with Gasteiger partial charge in [0.2, 0.25) is 0 Å². The summed E-state index contributed by atoms with van der Waals surface area (Å²) in [5, 5.41) is 14.8. The van der Waals surface area contributed by atoms with Crippen molar-refractivity contribution in [2.24, 2.45) is 0 Å². The van der Waals surface area contributed by atoms with E-state index in [4.69, 9.17) is 0 Å². The Labute approximate surface area is 107 Å². The molecule has 1 unspecified atom stereocenters.